The highest BCUT2D eigenvalue weighted by atomic mass is 16.5. The third-order valence-corrected chi connectivity index (χ3v) is 2.11. The number of amides is 1. The van der Waals surface area contributed by atoms with Gasteiger partial charge in [0.1, 0.15) is 0 Å². The van der Waals surface area contributed by atoms with E-state index in [0.29, 0.717) is 19.5 Å². The molecule has 0 spiro atoms. The Balaban J connectivity index is 3.63. The molecule has 0 aromatic rings. The van der Waals surface area contributed by atoms with Crippen LogP contribution in [0.5, 0.6) is 0 Å². The molecule has 0 aliphatic heterocycles. The molecule has 0 fully saturated rings. The minimum atomic E-state index is -0.201. The molecule has 0 saturated carbocycles. The van der Waals surface area contributed by atoms with Crippen LogP contribution in [0, 0.1) is 0 Å². The van der Waals surface area contributed by atoms with E-state index in [9.17, 15) is 9.59 Å². The molecule has 0 aliphatic carbocycles. The fourth-order valence-electron chi connectivity index (χ4n) is 1.17. The molecule has 0 aliphatic rings. The van der Waals surface area contributed by atoms with Crippen molar-refractivity contribution in [2.45, 2.75) is 20.3 Å². The highest BCUT2D eigenvalue weighted by Crippen LogP contribution is 1.92. The summed E-state index contributed by atoms with van der Waals surface area (Å²) in [6, 6.07) is 0. The standard InChI is InChI=1S/C10H20N2O3/c1-4-12(7-5-10(14)15-3)8-6-11-9(2)13/h4-8H2,1-3H3,(H,11,13). The first kappa shape index (κ1) is 13.9. The van der Waals surface area contributed by atoms with Crippen LogP contribution in [0.15, 0.2) is 0 Å². The van der Waals surface area contributed by atoms with Gasteiger partial charge in [0.2, 0.25) is 5.91 Å². The minimum Gasteiger partial charge on any atom is -0.469 e. The number of nitrogens with one attached hydrogen (secondary N) is 1. The fourth-order valence-corrected chi connectivity index (χ4v) is 1.17. The van der Waals surface area contributed by atoms with Gasteiger partial charge in [-0.15, -0.1) is 0 Å². The molecule has 5 heteroatoms. The monoisotopic (exact) mass is 216 g/mol. The van der Waals surface area contributed by atoms with Crippen LogP contribution >= 0.6 is 0 Å². The van der Waals surface area contributed by atoms with Gasteiger partial charge in [0, 0.05) is 26.6 Å². The van der Waals surface area contributed by atoms with Gasteiger partial charge < -0.3 is 15.0 Å². The molecule has 15 heavy (non-hydrogen) atoms. The maximum absolute atomic E-state index is 10.9. The second-order valence-electron chi connectivity index (χ2n) is 3.24. The Morgan fingerprint density at radius 3 is 2.47 bits per heavy atom. The molecule has 5 nitrogen and oxygen atoms in total. The zero-order valence-electron chi connectivity index (χ0n) is 9.71. The second kappa shape index (κ2) is 8.23. The quantitative estimate of drug-likeness (QED) is 0.609. The first-order valence-corrected chi connectivity index (χ1v) is 5.13. The van der Waals surface area contributed by atoms with E-state index < -0.39 is 0 Å². The van der Waals surface area contributed by atoms with Crippen LogP contribution in [-0.4, -0.2) is 50.1 Å². The number of carbonyl (C=O) groups excluding carboxylic acids is 2. The minimum absolute atomic E-state index is 0.0287. The predicted octanol–water partition coefficient (Wildman–Crippen LogP) is 0.00750. The van der Waals surface area contributed by atoms with Gasteiger partial charge in [-0.25, -0.2) is 0 Å². The number of ether oxygens (including phenoxy) is 1. The van der Waals surface area contributed by atoms with E-state index in [1.165, 1.54) is 14.0 Å². The van der Waals surface area contributed by atoms with Crippen LogP contribution in [0.2, 0.25) is 0 Å². The molecule has 0 bridgehead atoms. The van der Waals surface area contributed by atoms with Crippen molar-refractivity contribution in [3.8, 4) is 0 Å². The molecule has 0 aromatic heterocycles. The number of hydrogen-bond donors (Lipinski definition) is 1. The third-order valence-electron chi connectivity index (χ3n) is 2.11. The van der Waals surface area contributed by atoms with E-state index in [1.807, 2.05) is 6.92 Å². The van der Waals surface area contributed by atoms with E-state index in [0.717, 1.165) is 13.1 Å². The zero-order chi connectivity index (χ0) is 11.7. The van der Waals surface area contributed by atoms with Gasteiger partial charge in [0.15, 0.2) is 0 Å². The summed E-state index contributed by atoms with van der Waals surface area (Å²) in [5.41, 5.74) is 0. The maximum atomic E-state index is 10.9. The lowest BCUT2D eigenvalue weighted by atomic mass is 10.3. The normalized spacial score (nSPS) is 10.1. The second-order valence-corrected chi connectivity index (χ2v) is 3.24. The number of hydrogen-bond acceptors (Lipinski definition) is 4. The molecule has 88 valence electrons. The maximum Gasteiger partial charge on any atom is 0.306 e. The molecule has 0 unspecified atom stereocenters. The molecule has 1 N–H and O–H groups in total. The lowest BCUT2D eigenvalue weighted by molar-refractivity contribution is -0.141. The first-order chi connectivity index (χ1) is 7.10. The van der Waals surface area contributed by atoms with Gasteiger partial charge in [-0.05, 0) is 6.54 Å². The van der Waals surface area contributed by atoms with Gasteiger partial charge in [0.05, 0.1) is 13.5 Å². The van der Waals surface area contributed by atoms with Gasteiger partial charge in [-0.2, -0.15) is 0 Å². The molecule has 1 amide bonds. The van der Waals surface area contributed by atoms with Crippen LogP contribution in [0.3, 0.4) is 0 Å². The summed E-state index contributed by atoms with van der Waals surface area (Å²) in [4.78, 5) is 23.6. The van der Waals surface area contributed by atoms with Crippen molar-refractivity contribution in [3.63, 3.8) is 0 Å². The summed E-state index contributed by atoms with van der Waals surface area (Å²) in [7, 11) is 1.38. The number of carbonyl (C=O) groups is 2. The average Bonchev–Trinajstić information content (AvgIpc) is 2.22. The summed E-state index contributed by atoms with van der Waals surface area (Å²) in [6.07, 6.45) is 0.393. The predicted molar refractivity (Wildman–Crippen MR) is 57.4 cm³/mol. The van der Waals surface area contributed by atoms with Crippen LogP contribution in [0.25, 0.3) is 0 Å². The molecular formula is C10H20N2O3. The Kier molecular flexibility index (Phi) is 7.62. The van der Waals surface area contributed by atoms with Crippen molar-refractivity contribution in [1.82, 2.24) is 10.2 Å². The first-order valence-electron chi connectivity index (χ1n) is 5.13. The molecule has 0 heterocycles. The third kappa shape index (κ3) is 7.93. The summed E-state index contributed by atoms with van der Waals surface area (Å²) in [6.45, 7) is 6.41. The van der Waals surface area contributed by atoms with E-state index in [4.69, 9.17) is 0 Å². The smallest absolute Gasteiger partial charge is 0.306 e. The van der Waals surface area contributed by atoms with Gasteiger partial charge in [-0.3, -0.25) is 9.59 Å². The summed E-state index contributed by atoms with van der Waals surface area (Å²) < 4.78 is 4.55. The van der Waals surface area contributed by atoms with Crippen LogP contribution in [0.1, 0.15) is 20.3 Å². The Bertz CT molecular complexity index is 207. The molecule has 0 saturated heterocycles. The van der Waals surface area contributed by atoms with Crippen LogP contribution in [-0.2, 0) is 14.3 Å². The van der Waals surface area contributed by atoms with Crippen molar-refractivity contribution >= 4 is 11.9 Å². The Labute approximate surface area is 90.8 Å². The van der Waals surface area contributed by atoms with E-state index in [2.05, 4.69) is 15.0 Å². The Morgan fingerprint density at radius 2 is 2.00 bits per heavy atom. The molecule has 0 radical (unpaired) electrons. The molecule has 0 atom stereocenters. The van der Waals surface area contributed by atoms with Gasteiger partial charge in [0.25, 0.3) is 0 Å². The molecular weight excluding hydrogens is 196 g/mol. The number of methoxy groups -OCH3 is 1. The van der Waals surface area contributed by atoms with Gasteiger partial charge in [-0.1, -0.05) is 6.92 Å². The lowest BCUT2D eigenvalue weighted by Gasteiger charge is -2.19. The molecule has 0 aromatic carbocycles. The number of likely N-dealkylation sites (N-methyl/N-ethyl adjacent to an activating group) is 1. The summed E-state index contributed by atoms with van der Waals surface area (Å²) >= 11 is 0. The fraction of sp³-hybridized carbons (Fsp3) is 0.800. The lowest BCUT2D eigenvalue weighted by Crippen LogP contribution is -2.35. The van der Waals surface area contributed by atoms with Crippen molar-refractivity contribution in [2.75, 3.05) is 33.3 Å². The highest BCUT2D eigenvalue weighted by molar-refractivity contribution is 5.72. The van der Waals surface area contributed by atoms with E-state index in [1.54, 1.807) is 0 Å². The van der Waals surface area contributed by atoms with Gasteiger partial charge >= 0.3 is 5.97 Å². The Hall–Kier alpha value is -1.10. The van der Waals surface area contributed by atoms with E-state index in [-0.39, 0.29) is 11.9 Å². The largest absolute Gasteiger partial charge is 0.469 e. The van der Waals surface area contributed by atoms with Crippen molar-refractivity contribution in [1.29, 1.82) is 0 Å². The van der Waals surface area contributed by atoms with Crippen LogP contribution in [0.4, 0.5) is 0 Å². The van der Waals surface area contributed by atoms with Crippen molar-refractivity contribution in [2.24, 2.45) is 0 Å². The van der Waals surface area contributed by atoms with E-state index >= 15 is 0 Å². The van der Waals surface area contributed by atoms with Crippen LogP contribution < -0.4 is 5.32 Å². The number of rotatable bonds is 7. The Morgan fingerprint density at radius 1 is 1.33 bits per heavy atom. The summed E-state index contributed by atoms with van der Waals surface area (Å²) in [5.74, 6) is -0.230. The zero-order valence-corrected chi connectivity index (χ0v) is 9.71. The SMILES string of the molecule is CCN(CCNC(C)=O)CCC(=O)OC. The molecule has 0 rings (SSSR count). The highest BCUT2D eigenvalue weighted by Gasteiger charge is 2.06. The summed E-state index contributed by atoms with van der Waals surface area (Å²) in [5, 5.41) is 2.72. The van der Waals surface area contributed by atoms with Crippen molar-refractivity contribution in [3.05, 3.63) is 0 Å². The number of esters is 1. The number of nitrogens with zero attached hydrogens (tertiary/aromatic N) is 1. The average molecular weight is 216 g/mol. The topological polar surface area (TPSA) is 58.6 Å². The van der Waals surface area contributed by atoms with Crippen molar-refractivity contribution < 1.29 is 14.3 Å².